The molecule has 1 aliphatic heterocycles. The highest BCUT2D eigenvalue weighted by molar-refractivity contribution is 7.94. The van der Waals surface area contributed by atoms with Crippen molar-refractivity contribution in [3.05, 3.63) is 82.7 Å². The van der Waals surface area contributed by atoms with Crippen LogP contribution < -0.4 is 4.90 Å². The number of carbonyl (C=O) groups excluding carboxylic acids is 2. The lowest BCUT2D eigenvalue weighted by Gasteiger charge is -2.27. The van der Waals surface area contributed by atoms with E-state index in [0.29, 0.717) is 16.3 Å². The molecule has 1 amide bonds. The Morgan fingerprint density at radius 3 is 2.55 bits per heavy atom. The number of hydrogen-bond donors (Lipinski definition) is 0. The first kappa shape index (κ1) is 20.8. The van der Waals surface area contributed by atoms with Gasteiger partial charge in [-0.3, -0.25) is 4.79 Å². The zero-order valence-electron chi connectivity index (χ0n) is 15.3. The van der Waals surface area contributed by atoms with E-state index in [1.54, 1.807) is 54.6 Å². The summed E-state index contributed by atoms with van der Waals surface area (Å²) in [7, 11) is -3.36. The zero-order chi connectivity index (χ0) is 20.9. The number of halogens is 1. The third kappa shape index (κ3) is 5.79. The van der Waals surface area contributed by atoms with Gasteiger partial charge < -0.3 is 9.64 Å². The van der Waals surface area contributed by atoms with Crippen LogP contribution >= 0.6 is 11.6 Å². The van der Waals surface area contributed by atoms with Gasteiger partial charge in [-0.1, -0.05) is 41.9 Å². The second-order valence-corrected chi connectivity index (χ2v) is 8.69. The molecule has 0 saturated carbocycles. The molecule has 2 aromatic rings. The van der Waals surface area contributed by atoms with Gasteiger partial charge in [0.25, 0.3) is 5.91 Å². The van der Waals surface area contributed by atoms with Gasteiger partial charge >= 0.3 is 5.97 Å². The van der Waals surface area contributed by atoms with Crippen molar-refractivity contribution in [1.82, 2.24) is 0 Å². The maximum absolute atomic E-state index is 12.7. The number of para-hydroxylation sites is 1. The topological polar surface area (TPSA) is 80.8 Å². The first-order valence-electron chi connectivity index (χ1n) is 8.72. The molecule has 29 heavy (non-hydrogen) atoms. The van der Waals surface area contributed by atoms with Gasteiger partial charge in [0.1, 0.15) is 0 Å². The second-order valence-electron chi connectivity index (χ2n) is 6.32. The Balaban J connectivity index is 1.67. The number of carbonyl (C=O) groups is 2. The quantitative estimate of drug-likeness (QED) is 0.518. The van der Waals surface area contributed by atoms with Crippen molar-refractivity contribution in [1.29, 1.82) is 0 Å². The highest BCUT2D eigenvalue weighted by Crippen LogP contribution is 2.22. The van der Waals surface area contributed by atoms with Crippen molar-refractivity contribution < 1.29 is 22.7 Å². The molecule has 2 aromatic carbocycles. The minimum absolute atomic E-state index is 0.212. The fraction of sp³-hybridized carbons (Fsp3) is 0.143. The van der Waals surface area contributed by atoms with E-state index >= 15 is 0 Å². The molecule has 1 aliphatic rings. The van der Waals surface area contributed by atoms with Gasteiger partial charge in [-0.25, -0.2) is 13.2 Å². The molecule has 150 valence electrons. The summed E-state index contributed by atoms with van der Waals surface area (Å²) >= 11 is 5.89. The summed E-state index contributed by atoms with van der Waals surface area (Å²) in [5.74, 6) is -1.43. The van der Waals surface area contributed by atoms with Crippen molar-refractivity contribution >= 4 is 45.1 Å². The van der Waals surface area contributed by atoms with Crippen LogP contribution in [0.4, 0.5) is 5.69 Å². The standard InChI is InChI=1S/C21H18ClNO5S/c22-17-6-4-5-16(13-17)9-10-21(25)28-14-20(24)23(18-7-2-1-3-8-18)19-11-12-29(26,27)15-19/h1-13,19H,14-15H2/b10-9+. The van der Waals surface area contributed by atoms with E-state index in [2.05, 4.69) is 0 Å². The Bertz CT molecular complexity index is 1060. The normalized spacial score (nSPS) is 17.3. The summed E-state index contributed by atoms with van der Waals surface area (Å²) in [4.78, 5) is 26.0. The number of nitrogens with zero attached hydrogens (tertiary/aromatic N) is 1. The number of benzene rings is 2. The van der Waals surface area contributed by atoms with Crippen molar-refractivity contribution in [2.75, 3.05) is 17.3 Å². The minimum Gasteiger partial charge on any atom is -0.452 e. The number of amides is 1. The lowest BCUT2D eigenvalue weighted by Crippen LogP contribution is -2.43. The number of ether oxygens (including phenoxy) is 1. The van der Waals surface area contributed by atoms with Crippen LogP contribution in [-0.2, 0) is 24.2 Å². The maximum atomic E-state index is 12.7. The van der Waals surface area contributed by atoms with Gasteiger partial charge in [-0.05, 0) is 42.0 Å². The fourth-order valence-corrected chi connectivity index (χ4v) is 4.32. The van der Waals surface area contributed by atoms with E-state index in [1.165, 1.54) is 23.1 Å². The third-order valence-electron chi connectivity index (χ3n) is 4.14. The fourth-order valence-electron chi connectivity index (χ4n) is 2.85. The van der Waals surface area contributed by atoms with E-state index in [1.807, 2.05) is 0 Å². The Morgan fingerprint density at radius 1 is 1.14 bits per heavy atom. The summed E-state index contributed by atoms with van der Waals surface area (Å²) in [6.45, 7) is -0.516. The molecule has 0 aromatic heterocycles. The SMILES string of the molecule is O=C(/C=C/c1cccc(Cl)c1)OCC(=O)N(c1ccccc1)C1C=CS(=O)(=O)C1. The summed E-state index contributed by atoms with van der Waals surface area (Å²) in [5, 5.41) is 1.63. The van der Waals surface area contributed by atoms with Crippen molar-refractivity contribution in [2.45, 2.75) is 6.04 Å². The predicted molar refractivity (Wildman–Crippen MR) is 112 cm³/mol. The van der Waals surface area contributed by atoms with E-state index in [9.17, 15) is 18.0 Å². The Labute approximate surface area is 174 Å². The number of hydrogen-bond acceptors (Lipinski definition) is 5. The number of sulfone groups is 1. The van der Waals surface area contributed by atoms with Gasteiger partial charge in [0.05, 0.1) is 11.8 Å². The summed E-state index contributed by atoms with van der Waals surface area (Å²) in [6.07, 6.45) is 4.19. The molecule has 0 spiro atoms. The molecule has 6 nitrogen and oxygen atoms in total. The highest BCUT2D eigenvalue weighted by atomic mass is 35.5. The lowest BCUT2D eigenvalue weighted by molar-refractivity contribution is -0.143. The Kier molecular flexibility index (Phi) is 6.51. The molecular formula is C21H18ClNO5S. The van der Waals surface area contributed by atoms with Crippen LogP contribution in [0.3, 0.4) is 0 Å². The smallest absolute Gasteiger partial charge is 0.331 e. The molecular weight excluding hydrogens is 414 g/mol. The number of anilines is 1. The zero-order valence-corrected chi connectivity index (χ0v) is 16.8. The molecule has 0 saturated heterocycles. The molecule has 1 unspecified atom stereocenters. The van der Waals surface area contributed by atoms with Crippen LogP contribution in [0.5, 0.6) is 0 Å². The second kappa shape index (κ2) is 9.07. The average molecular weight is 432 g/mol. The number of esters is 1. The Hall–Kier alpha value is -2.90. The van der Waals surface area contributed by atoms with Crippen LogP contribution in [0.2, 0.25) is 5.02 Å². The Morgan fingerprint density at radius 2 is 1.90 bits per heavy atom. The molecule has 1 heterocycles. The van der Waals surface area contributed by atoms with Gasteiger partial charge in [0.15, 0.2) is 16.4 Å². The van der Waals surface area contributed by atoms with E-state index in [-0.39, 0.29) is 5.75 Å². The summed E-state index contributed by atoms with van der Waals surface area (Å²) < 4.78 is 28.6. The summed E-state index contributed by atoms with van der Waals surface area (Å²) in [6, 6.07) is 14.9. The van der Waals surface area contributed by atoms with Crippen LogP contribution in [0, 0.1) is 0 Å². The molecule has 0 fully saturated rings. The summed E-state index contributed by atoms with van der Waals surface area (Å²) in [5.41, 5.74) is 1.24. The van der Waals surface area contributed by atoms with Crippen LogP contribution in [-0.4, -0.2) is 38.7 Å². The molecule has 0 aliphatic carbocycles. The molecule has 3 rings (SSSR count). The molecule has 0 N–H and O–H groups in total. The van der Waals surface area contributed by atoms with Gasteiger partial charge in [0.2, 0.25) is 0 Å². The first-order chi connectivity index (χ1) is 13.8. The van der Waals surface area contributed by atoms with E-state index in [4.69, 9.17) is 16.3 Å². The van der Waals surface area contributed by atoms with Crippen LogP contribution in [0.1, 0.15) is 5.56 Å². The van der Waals surface area contributed by atoms with Gasteiger partial charge in [-0.15, -0.1) is 0 Å². The minimum atomic E-state index is -3.36. The lowest BCUT2D eigenvalue weighted by atomic mass is 10.2. The molecule has 8 heteroatoms. The highest BCUT2D eigenvalue weighted by Gasteiger charge is 2.31. The molecule has 1 atom stereocenters. The average Bonchev–Trinajstić information content (AvgIpc) is 3.05. The van der Waals surface area contributed by atoms with Crippen molar-refractivity contribution in [3.8, 4) is 0 Å². The van der Waals surface area contributed by atoms with Gasteiger partial charge in [-0.2, -0.15) is 0 Å². The maximum Gasteiger partial charge on any atom is 0.331 e. The van der Waals surface area contributed by atoms with Crippen molar-refractivity contribution in [3.63, 3.8) is 0 Å². The van der Waals surface area contributed by atoms with E-state index in [0.717, 1.165) is 5.41 Å². The van der Waals surface area contributed by atoms with Crippen LogP contribution in [0.25, 0.3) is 6.08 Å². The van der Waals surface area contributed by atoms with Crippen LogP contribution in [0.15, 0.2) is 72.2 Å². The number of rotatable bonds is 6. The largest absolute Gasteiger partial charge is 0.452 e. The predicted octanol–water partition coefficient (Wildman–Crippen LogP) is 3.24. The molecule has 0 bridgehead atoms. The van der Waals surface area contributed by atoms with Crippen molar-refractivity contribution in [2.24, 2.45) is 0 Å². The first-order valence-corrected chi connectivity index (χ1v) is 10.8. The van der Waals surface area contributed by atoms with Gasteiger partial charge in [0, 0.05) is 22.2 Å². The molecule has 0 radical (unpaired) electrons. The third-order valence-corrected chi connectivity index (χ3v) is 5.76. The van der Waals surface area contributed by atoms with E-state index < -0.39 is 34.4 Å². The monoisotopic (exact) mass is 431 g/mol.